The minimum Gasteiger partial charge on any atom is -0.372 e. The molecule has 1 heterocycles. The standard InChI is InChI=1S/C23H32O2Si/c1-18(24-16-19-11-7-5-8-12-19)23-22(20-13-9-6-10-14-20)15-21(25-23)17-26(2,3)4/h5-14,18,21-23H,15-17H2,1-4H3/t18?,21-,22-,23-/m1/s1. The summed E-state index contributed by atoms with van der Waals surface area (Å²) in [5.41, 5.74) is 2.60. The lowest BCUT2D eigenvalue weighted by Gasteiger charge is -2.26. The Bertz CT molecular complexity index is 666. The predicted molar refractivity (Wildman–Crippen MR) is 111 cm³/mol. The normalized spacial score (nSPS) is 24.5. The molecule has 1 fully saturated rings. The van der Waals surface area contributed by atoms with Gasteiger partial charge in [-0.05, 0) is 30.5 Å². The maximum atomic E-state index is 6.56. The second kappa shape index (κ2) is 8.51. The Kier molecular flexibility index (Phi) is 6.33. The molecule has 1 aliphatic heterocycles. The van der Waals surface area contributed by atoms with Crippen molar-refractivity contribution in [2.45, 2.75) is 69.9 Å². The van der Waals surface area contributed by atoms with Gasteiger partial charge in [0.2, 0.25) is 0 Å². The second-order valence-electron chi connectivity index (χ2n) is 8.74. The van der Waals surface area contributed by atoms with Gasteiger partial charge in [-0.2, -0.15) is 0 Å². The fourth-order valence-electron chi connectivity index (χ4n) is 3.96. The predicted octanol–water partition coefficient (Wildman–Crippen LogP) is 5.87. The van der Waals surface area contributed by atoms with Crippen molar-refractivity contribution in [1.29, 1.82) is 0 Å². The molecule has 3 rings (SSSR count). The van der Waals surface area contributed by atoms with E-state index in [1.807, 2.05) is 6.07 Å². The van der Waals surface area contributed by atoms with Gasteiger partial charge in [0.25, 0.3) is 0 Å². The fourth-order valence-corrected chi connectivity index (χ4v) is 5.59. The minimum absolute atomic E-state index is 0.0760. The third-order valence-corrected chi connectivity index (χ3v) is 6.83. The van der Waals surface area contributed by atoms with Crippen molar-refractivity contribution >= 4 is 8.07 Å². The van der Waals surface area contributed by atoms with Crippen LogP contribution in [-0.2, 0) is 16.1 Å². The van der Waals surface area contributed by atoms with Crippen molar-refractivity contribution in [1.82, 2.24) is 0 Å². The quantitative estimate of drug-likeness (QED) is 0.569. The minimum atomic E-state index is -1.15. The highest BCUT2D eigenvalue weighted by atomic mass is 28.3. The molecule has 1 saturated heterocycles. The highest BCUT2D eigenvalue weighted by Crippen LogP contribution is 2.40. The van der Waals surface area contributed by atoms with Gasteiger partial charge < -0.3 is 9.47 Å². The van der Waals surface area contributed by atoms with Gasteiger partial charge in [-0.15, -0.1) is 0 Å². The maximum absolute atomic E-state index is 6.56. The summed E-state index contributed by atoms with van der Waals surface area (Å²) in [6.45, 7) is 10.1. The summed E-state index contributed by atoms with van der Waals surface area (Å²) in [5.74, 6) is 0.420. The van der Waals surface area contributed by atoms with Crippen molar-refractivity contribution in [3.8, 4) is 0 Å². The van der Waals surface area contributed by atoms with Crippen LogP contribution in [-0.4, -0.2) is 26.4 Å². The molecule has 4 atom stereocenters. The Morgan fingerprint density at radius 3 is 2.23 bits per heavy atom. The van der Waals surface area contributed by atoms with E-state index in [1.165, 1.54) is 17.2 Å². The van der Waals surface area contributed by atoms with Crippen molar-refractivity contribution in [3.63, 3.8) is 0 Å². The molecule has 0 saturated carbocycles. The van der Waals surface area contributed by atoms with Crippen LogP contribution in [0.1, 0.15) is 30.4 Å². The topological polar surface area (TPSA) is 18.5 Å². The molecule has 0 amide bonds. The van der Waals surface area contributed by atoms with Crippen LogP contribution >= 0.6 is 0 Å². The third-order valence-electron chi connectivity index (χ3n) is 5.15. The molecule has 26 heavy (non-hydrogen) atoms. The van der Waals surface area contributed by atoms with E-state index in [-0.39, 0.29) is 12.2 Å². The summed E-state index contributed by atoms with van der Waals surface area (Å²) in [6.07, 6.45) is 1.67. The molecule has 2 nitrogen and oxygen atoms in total. The Morgan fingerprint density at radius 1 is 1.00 bits per heavy atom. The molecule has 2 aromatic rings. The molecule has 140 valence electrons. The maximum Gasteiger partial charge on any atom is 0.0906 e. The molecule has 0 aliphatic carbocycles. The van der Waals surface area contributed by atoms with Crippen LogP contribution in [0.4, 0.5) is 0 Å². The molecule has 0 bridgehead atoms. The van der Waals surface area contributed by atoms with Crippen LogP contribution in [0.15, 0.2) is 60.7 Å². The molecular weight excluding hydrogens is 336 g/mol. The van der Waals surface area contributed by atoms with E-state index in [2.05, 4.69) is 81.2 Å². The first-order valence-corrected chi connectivity index (χ1v) is 13.5. The van der Waals surface area contributed by atoms with Crippen LogP contribution in [0, 0.1) is 0 Å². The van der Waals surface area contributed by atoms with Gasteiger partial charge in [0.1, 0.15) is 0 Å². The zero-order valence-corrected chi connectivity index (χ0v) is 17.5. The average Bonchev–Trinajstić information content (AvgIpc) is 3.03. The Labute approximate surface area is 159 Å². The molecule has 0 radical (unpaired) electrons. The summed E-state index contributed by atoms with van der Waals surface area (Å²) in [5, 5.41) is 0. The number of ether oxygens (including phenoxy) is 2. The smallest absolute Gasteiger partial charge is 0.0906 e. The van der Waals surface area contributed by atoms with Gasteiger partial charge in [-0.3, -0.25) is 0 Å². The molecule has 2 aromatic carbocycles. The average molecular weight is 369 g/mol. The Morgan fingerprint density at radius 2 is 1.62 bits per heavy atom. The van der Waals surface area contributed by atoms with E-state index < -0.39 is 8.07 Å². The van der Waals surface area contributed by atoms with Gasteiger partial charge in [-0.1, -0.05) is 80.3 Å². The summed E-state index contributed by atoms with van der Waals surface area (Å²) in [7, 11) is -1.15. The van der Waals surface area contributed by atoms with E-state index in [9.17, 15) is 0 Å². The first-order chi connectivity index (χ1) is 12.4. The highest BCUT2D eigenvalue weighted by molar-refractivity contribution is 6.76. The molecular formula is C23H32O2Si. The highest BCUT2D eigenvalue weighted by Gasteiger charge is 2.41. The van der Waals surface area contributed by atoms with Gasteiger partial charge in [0, 0.05) is 14.0 Å². The number of hydrogen-bond donors (Lipinski definition) is 0. The number of rotatable bonds is 7. The monoisotopic (exact) mass is 368 g/mol. The molecule has 3 heteroatoms. The molecule has 1 aliphatic rings. The zero-order chi connectivity index (χ0) is 18.6. The first-order valence-electron chi connectivity index (χ1n) is 9.78. The van der Waals surface area contributed by atoms with Crippen LogP contribution in [0.25, 0.3) is 0 Å². The summed E-state index contributed by atoms with van der Waals surface area (Å²) in [6, 6.07) is 22.4. The van der Waals surface area contributed by atoms with Crippen LogP contribution in [0.3, 0.4) is 0 Å². The van der Waals surface area contributed by atoms with Crippen LogP contribution in [0.2, 0.25) is 25.7 Å². The lowest BCUT2D eigenvalue weighted by atomic mass is 9.89. The second-order valence-corrected chi connectivity index (χ2v) is 14.3. The van der Waals surface area contributed by atoms with Gasteiger partial charge in [0.15, 0.2) is 0 Å². The van der Waals surface area contributed by atoms with Crippen molar-refractivity contribution < 1.29 is 9.47 Å². The van der Waals surface area contributed by atoms with E-state index in [1.54, 1.807) is 0 Å². The van der Waals surface area contributed by atoms with E-state index in [0.717, 1.165) is 6.42 Å². The summed E-state index contributed by atoms with van der Waals surface area (Å²) < 4.78 is 12.8. The van der Waals surface area contributed by atoms with Gasteiger partial charge >= 0.3 is 0 Å². The largest absolute Gasteiger partial charge is 0.372 e. The Hall–Kier alpha value is -1.42. The SMILES string of the molecule is CC(OCc1ccccc1)[C@H]1O[C@@H](C[Si](C)(C)C)C[C@@H]1c1ccccc1. The lowest BCUT2D eigenvalue weighted by molar-refractivity contribution is -0.0675. The van der Waals surface area contributed by atoms with Gasteiger partial charge in [-0.25, -0.2) is 0 Å². The number of benzene rings is 2. The molecule has 0 aromatic heterocycles. The summed E-state index contributed by atoms with van der Waals surface area (Å²) in [4.78, 5) is 0. The van der Waals surface area contributed by atoms with E-state index >= 15 is 0 Å². The first kappa shape index (κ1) is 19.3. The van der Waals surface area contributed by atoms with Crippen LogP contribution < -0.4 is 0 Å². The third kappa shape index (κ3) is 5.29. The van der Waals surface area contributed by atoms with Crippen LogP contribution in [0.5, 0.6) is 0 Å². The van der Waals surface area contributed by atoms with Crippen molar-refractivity contribution in [3.05, 3.63) is 71.8 Å². The molecule has 1 unspecified atom stereocenters. The Balaban J connectivity index is 1.70. The fraction of sp³-hybridized carbons (Fsp3) is 0.478. The number of hydrogen-bond acceptors (Lipinski definition) is 2. The van der Waals surface area contributed by atoms with Crippen molar-refractivity contribution in [2.75, 3.05) is 0 Å². The molecule has 0 N–H and O–H groups in total. The lowest BCUT2D eigenvalue weighted by Crippen LogP contribution is -2.32. The molecule has 0 spiro atoms. The van der Waals surface area contributed by atoms with E-state index in [4.69, 9.17) is 9.47 Å². The zero-order valence-electron chi connectivity index (χ0n) is 16.5. The van der Waals surface area contributed by atoms with Gasteiger partial charge in [0.05, 0.1) is 24.9 Å². The van der Waals surface area contributed by atoms with Crippen molar-refractivity contribution in [2.24, 2.45) is 0 Å². The summed E-state index contributed by atoms with van der Waals surface area (Å²) >= 11 is 0. The van der Waals surface area contributed by atoms with E-state index in [0.29, 0.717) is 18.6 Å².